The van der Waals surface area contributed by atoms with Gasteiger partial charge in [0.2, 0.25) is 15.7 Å². The highest BCUT2D eigenvalue weighted by Gasteiger charge is 2.23. The first-order valence-corrected chi connectivity index (χ1v) is 10.0. The Balaban J connectivity index is 2.09. The van der Waals surface area contributed by atoms with Gasteiger partial charge in [0, 0.05) is 28.2 Å². The molecule has 1 amide bonds. The number of rotatable bonds is 5. The van der Waals surface area contributed by atoms with Crippen LogP contribution in [-0.2, 0) is 21.2 Å². The summed E-state index contributed by atoms with van der Waals surface area (Å²) >= 11 is 5.86. The fourth-order valence-electron chi connectivity index (χ4n) is 2.82. The summed E-state index contributed by atoms with van der Waals surface area (Å²) in [4.78, 5) is 12.5. The SMILES string of the molecule is CC(C)NC(=O)Cn1cc(S(=O)(=O)c2ccc(Cl)cc2)c2ccccc21. The lowest BCUT2D eigenvalue weighted by molar-refractivity contribution is -0.122. The predicted molar refractivity (Wildman–Crippen MR) is 102 cm³/mol. The smallest absolute Gasteiger partial charge is 0.240 e. The number of aromatic nitrogens is 1. The molecular formula is C19H19ClN2O3S. The van der Waals surface area contributed by atoms with E-state index in [1.54, 1.807) is 34.9 Å². The lowest BCUT2D eigenvalue weighted by Crippen LogP contribution is -2.32. The van der Waals surface area contributed by atoms with Crippen molar-refractivity contribution in [2.75, 3.05) is 0 Å². The molecule has 3 aromatic rings. The summed E-state index contributed by atoms with van der Waals surface area (Å²) < 4.78 is 27.8. The largest absolute Gasteiger partial charge is 0.352 e. The Kier molecular flexibility index (Phi) is 5.07. The van der Waals surface area contributed by atoms with Gasteiger partial charge in [-0.15, -0.1) is 0 Å². The van der Waals surface area contributed by atoms with Gasteiger partial charge in [-0.05, 0) is 44.2 Å². The first kappa shape index (κ1) is 18.5. The highest BCUT2D eigenvalue weighted by Crippen LogP contribution is 2.30. The summed E-state index contributed by atoms with van der Waals surface area (Å²) in [6.07, 6.45) is 1.52. The fraction of sp³-hybridized carbons (Fsp3) is 0.211. The van der Waals surface area contributed by atoms with E-state index in [0.717, 1.165) is 0 Å². The molecular weight excluding hydrogens is 372 g/mol. The quantitative estimate of drug-likeness (QED) is 0.723. The number of nitrogens with one attached hydrogen (secondary N) is 1. The van der Waals surface area contributed by atoms with Gasteiger partial charge in [0.05, 0.1) is 9.79 Å². The lowest BCUT2D eigenvalue weighted by Gasteiger charge is -2.09. The molecule has 0 radical (unpaired) electrons. The molecule has 5 nitrogen and oxygen atoms in total. The summed E-state index contributed by atoms with van der Waals surface area (Å²) in [5.41, 5.74) is 0.693. The second-order valence-electron chi connectivity index (χ2n) is 6.32. The maximum atomic E-state index is 13.1. The van der Waals surface area contributed by atoms with Crippen LogP contribution in [0.1, 0.15) is 13.8 Å². The Labute approximate surface area is 157 Å². The van der Waals surface area contributed by atoms with Crippen LogP contribution in [0.2, 0.25) is 5.02 Å². The maximum absolute atomic E-state index is 13.1. The molecule has 7 heteroatoms. The van der Waals surface area contributed by atoms with Crippen molar-refractivity contribution in [2.45, 2.75) is 36.2 Å². The summed E-state index contributed by atoms with van der Waals surface area (Å²) in [7, 11) is -3.73. The average molecular weight is 391 g/mol. The van der Waals surface area contributed by atoms with E-state index >= 15 is 0 Å². The van der Waals surface area contributed by atoms with Gasteiger partial charge in [-0.2, -0.15) is 0 Å². The van der Waals surface area contributed by atoms with E-state index < -0.39 is 9.84 Å². The topological polar surface area (TPSA) is 68.2 Å². The third-order valence-electron chi connectivity index (χ3n) is 3.93. The highest BCUT2D eigenvalue weighted by molar-refractivity contribution is 7.91. The van der Waals surface area contributed by atoms with Crippen LogP contribution < -0.4 is 5.32 Å². The molecule has 1 heterocycles. The number of para-hydroxylation sites is 1. The van der Waals surface area contributed by atoms with Crippen LogP contribution in [0.25, 0.3) is 10.9 Å². The molecule has 0 aliphatic heterocycles. The summed E-state index contributed by atoms with van der Waals surface area (Å²) in [6, 6.07) is 13.2. The highest BCUT2D eigenvalue weighted by atomic mass is 35.5. The Morgan fingerprint density at radius 1 is 1.12 bits per heavy atom. The van der Waals surface area contributed by atoms with Crippen molar-refractivity contribution in [3.63, 3.8) is 0 Å². The number of nitrogens with zero attached hydrogens (tertiary/aromatic N) is 1. The van der Waals surface area contributed by atoms with Crippen molar-refractivity contribution in [2.24, 2.45) is 0 Å². The summed E-state index contributed by atoms with van der Waals surface area (Å²) in [6.45, 7) is 3.80. The lowest BCUT2D eigenvalue weighted by atomic mass is 10.2. The summed E-state index contributed by atoms with van der Waals surface area (Å²) in [5, 5.41) is 3.87. The van der Waals surface area contributed by atoms with Crippen molar-refractivity contribution < 1.29 is 13.2 Å². The van der Waals surface area contributed by atoms with Gasteiger partial charge in [0.25, 0.3) is 0 Å². The van der Waals surface area contributed by atoms with Crippen LogP contribution in [0, 0.1) is 0 Å². The van der Waals surface area contributed by atoms with E-state index in [0.29, 0.717) is 15.9 Å². The second kappa shape index (κ2) is 7.13. The maximum Gasteiger partial charge on any atom is 0.240 e. The average Bonchev–Trinajstić information content (AvgIpc) is 2.94. The molecule has 1 N–H and O–H groups in total. The third kappa shape index (κ3) is 3.61. The van der Waals surface area contributed by atoms with Gasteiger partial charge in [-0.25, -0.2) is 8.42 Å². The molecule has 136 valence electrons. The minimum absolute atomic E-state index is 0.0154. The molecule has 0 saturated carbocycles. The molecule has 0 fully saturated rings. The van der Waals surface area contributed by atoms with Crippen LogP contribution in [0.3, 0.4) is 0 Å². The molecule has 2 aromatic carbocycles. The van der Waals surface area contributed by atoms with Crippen molar-refractivity contribution >= 4 is 38.2 Å². The Morgan fingerprint density at radius 2 is 1.77 bits per heavy atom. The Morgan fingerprint density at radius 3 is 2.42 bits per heavy atom. The van der Waals surface area contributed by atoms with Gasteiger partial charge in [-0.1, -0.05) is 29.8 Å². The van der Waals surface area contributed by atoms with Gasteiger partial charge >= 0.3 is 0 Å². The van der Waals surface area contributed by atoms with E-state index in [4.69, 9.17) is 11.6 Å². The second-order valence-corrected chi connectivity index (χ2v) is 8.67. The van der Waals surface area contributed by atoms with Crippen LogP contribution >= 0.6 is 11.6 Å². The van der Waals surface area contributed by atoms with Crippen molar-refractivity contribution in [3.05, 3.63) is 59.8 Å². The van der Waals surface area contributed by atoms with Gasteiger partial charge in [-0.3, -0.25) is 4.79 Å². The molecule has 0 aliphatic carbocycles. The van der Waals surface area contributed by atoms with Crippen molar-refractivity contribution in [3.8, 4) is 0 Å². The molecule has 26 heavy (non-hydrogen) atoms. The van der Waals surface area contributed by atoms with Crippen molar-refractivity contribution in [1.29, 1.82) is 0 Å². The zero-order chi connectivity index (χ0) is 18.9. The monoisotopic (exact) mass is 390 g/mol. The number of hydrogen-bond donors (Lipinski definition) is 1. The number of carbonyl (C=O) groups is 1. The number of benzene rings is 2. The van der Waals surface area contributed by atoms with Gasteiger partial charge < -0.3 is 9.88 Å². The van der Waals surface area contributed by atoms with E-state index in [1.165, 1.54) is 18.3 Å². The normalized spacial score (nSPS) is 11.8. The minimum atomic E-state index is -3.73. The number of hydrogen-bond acceptors (Lipinski definition) is 3. The zero-order valence-electron chi connectivity index (χ0n) is 14.4. The van der Waals surface area contributed by atoms with Crippen LogP contribution in [-0.4, -0.2) is 24.9 Å². The standard InChI is InChI=1S/C19H19ClN2O3S/c1-13(2)21-19(23)12-22-11-18(16-5-3-4-6-17(16)22)26(24,25)15-9-7-14(20)8-10-15/h3-11,13H,12H2,1-2H3,(H,21,23). The van der Waals surface area contributed by atoms with Crippen molar-refractivity contribution in [1.82, 2.24) is 9.88 Å². The van der Waals surface area contributed by atoms with Crippen LogP contribution in [0.4, 0.5) is 0 Å². The number of carbonyl (C=O) groups excluding carboxylic acids is 1. The first-order valence-electron chi connectivity index (χ1n) is 8.17. The van der Waals surface area contributed by atoms with E-state index in [9.17, 15) is 13.2 Å². The third-order valence-corrected chi connectivity index (χ3v) is 5.98. The molecule has 0 saturated heterocycles. The number of fused-ring (bicyclic) bond motifs is 1. The number of amides is 1. The zero-order valence-corrected chi connectivity index (χ0v) is 16.0. The Bertz CT molecular complexity index is 1050. The number of halogens is 1. The van der Waals surface area contributed by atoms with E-state index in [-0.39, 0.29) is 28.3 Å². The van der Waals surface area contributed by atoms with E-state index in [2.05, 4.69) is 5.32 Å². The predicted octanol–water partition coefficient (Wildman–Crippen LogP) is 3.65. The Hall–Kier alpha value is -2.31. The molecule has 0 bridgehead atoms. The van der Waals surface area contributed by atoms with E-state index in [1.807, 2.05) is 19.9 Å². The van der Waals surface area contributed by atoms with Crippen LogP contribution in [0.5, 0.6) is 0 Å². The summed E-state index contributed by atoms with van der Waals surface area (Å²) in [5.74, 6) is -0.170. The molecule has 0 spiro atoms. The molecule has 0 atom stereocenters. The molecule has 0 aliphatic rings. The van der Waals surface area contributed by atoms with Gasteiger partial charge in [0.15, 0.2) is 0 Å². The van der Waals surface area contributed by atoms with Crippen LogP contribution in [0.15, 0.2) is 64.5 Å². The minimum Gasteiger partial charge on any atom is -0.352 e. The van der Waals surface area contributed by atoms with Gasteiger partial charge in [0.1, 0.15) is 6.54 Å². The molecule has 1 aromatic heterocycles. The first-order chi connectivity index (χ1) is 12.3. The fourth-order valence-corrected chi connectivity index (χ4v) is 4.42. The molecule has 0 unspecified atom stereocenters. The number of sulfone groups is 1. The molecule has 3 rings (SSSR count).